The van der Waals surface area contributed by atoms with Gasteiger partial charge in [0.25, 0.3) is 0 Å². The van der Waals surface area contributed by atoms with E-state index in [4.69, 9.17) is 0 Å². The molecule has 5 heteroatoms. The van der Waals surface area contributed by atoms with E-state index in [9.17, 15) is 9.50 Å². The molecule has 1 unspecified atom stereocenters. The molecule has 19 heavy (non-hydrogen) atoms. The summed E-state index contributed by atoms with van der Waals surface area (Å²) in [5.74, 6) is -0.384. The van der Waals surface area contributed by atoms with E-state index < -0.39 is 6.10 Å². The van der Waals surface area contributed by atoms with E-state index in [-0.39, 0.29) is 5.82 Å². The van der Waals surface area contributed by atoms with Crippen molar-refractivity contribution in [3.63, 3.8) is 0 Å². The zero-order valence-electron chi connectivity index (χ0n) is 9.92. The number of aliphatic hydroxyl groups is 1. The summed E-state index contributed by atoms with van der Waals surface area (Å²) in [4.78, 5) is 0. The second-order valence-corrected chi connectivity index (χ2v) is 6.85. The first kappa shape index (κ1) is 15.2. The van der Waals surface area contributed by atoms with Gasteiger partial charge in [0.15, 0.2) is 0 Å². The van der Waals surface area contributed by atoms with Crippen molar-refractivity contribution in [2.45, 2.75) is 13.0 Å². The van der Waals surface area contributed by atoms with Crippen LogP contribution in [0.25, 0.3) is 0 Å². The maximum absolute atomic E-state index is 13.4. The Kier molecular flexibility index (Phi) is 4.82. The van der Waals surface area contributed by atoms with Crippen molar-refractivity contribution in [2.75, 3.05) is 0 Å². The molecule has 2 aromatic rings. The summed E-state index contributed by atoms with van der Waals surface area (Å²) in [6.45, 7) is 1.96. The van der Waals surface area contributed by atoms with E-state index in [0.717, 1.165) is 14.5 Å². The van der Waals surface area contributed by atoms with Crippen LogP contribution in [0.5, 0.6) is 0 Å². The first-order chi connectivity index (χ1) is 8.88. The van der Waals surface area contributed by atoms with Crippen LogP contribution in [0.3, 0.4) is 0 Å². The molecule has 1 atom stereocenters. The molecule has 0 radical (unpaired) electrons. The van der Waals surface area contributed by atoms with Gasteiger partial charge in [-0.1, -0.05) is 47.8 Å². The predicted octanol–water partition coefficient (Wildman–Crippen LogP) is 5.50. The molecule has 1 N–H and O–H groups in total. The van der Waals surface area contributed by atoms with Crippen LogP contribution >= 0.6 is 47.8 Å². The fourth-order valence-electron chi connectivity index (χ4n) is 1.78. The van der Waals surface area contributed by atoms with Gasteiger partial charge in [-0.2, -0.15) is 0 Å². The maximum atomic E-state index is 13.4. The molecule has 2 rings (SSSR count). The first-order valence-corrected chi connectivity index (χ1v) is 7.86. The fraction of sp³-hybridized carbons (Fsp3) is 0.143. The van der Waals surface area contributed by atoms with Crippen molar-refractivity contribution in [1.29, 1.82) is 0 Å². The van der Waals surface area contributed by atoms with Gasteiger partial charge in [0.05, 0.1) is 0 Å². The number of rotatable bonds is 2. The molecular weight excluding hydrogens is 443 g/mol. The summed E-state index contributed by atoms with van der Waals surface area (Å²) in [5.41, 5.74) is 2.25. The molecule has 0 heterocycles. The van der Waals surface area contributed by atoms with Crippen LogP contribution in [0.2, 0.25) is 0 Å². The Morgan fingerprint density at radius 1 is 1.00 bits per heavy atom. The molecule has 1 nitrogen and oxygen atoms in total. The average molecular weight is 453 g/mol. The van der Waals surface area contributed by atoms with Crippen molar-refractivity contribution in [2.24, 2.45) is 0 Å². The Labute approximate surface area is 136 Å². The SMILES string of the molecule is Cc1cc(Br)c(C(O)c2cc(F)cc(Br)c2)cc1Br. The number of hydrogen-bond acceptors (Lipinski definition) is 1. The Hall–Kier alpha value is -0.230. The summed E-state index contributed by atoms with van der Waals surface area (Å²) in [6, 6.07) is 8.14. The quantitative estimate of drug-likeness (QED) is 0.637. The molecule has 0 saturated carbocycles. The molecule has 0 bridgehead atoms. The predicted molar refractivity (Wildman–Crippen MR) is 84.7 cm³/mol. The van der Waals surface area contributed by atoms with E-state index in [1.807, 2.05) is 19.1 Å². The minimum atomic E-state index is -0.890. The highest BCUT2D eigenvalue weighted by molar-refractivity contribution is 9.11. The van der Waals surface area contributed by atoms with Gasteiger partial charge in [0.1, 0.15) is 11.9 Å². The summed E-state index contributed by atoms with van der Waals surface area (Å²) in [6.07, 6.45) is -0.890. The number of hydrogen-bond donors (Lipinski definition) is 1. The van der Waals surface area contributed by atoms with E-state index in [1.165, 1.54) is 12.1 Å². The van der Waals surface area contributed by atoms with Crippen LogP contribution in [0.4, 0.5) is 4.39 Å². The van der Waals surface area contributed by atoms with E-state index in [1.54, 1.807) is 6.07 Å². The van der Waals surface area contributed by atoms with Crippen LogP contribution in [-0.2, 0) is 0 Å². The molecule has 0 amide bonds. The van der Waals surface area contributed by atoms with Gasteiger partial charge < -0.3 is 5.11 Å². The third kappa shape index (κ3) is 3.45. The Morgan fingerprint density at radius 2 is 1.68 bits per heavy atom. The second-order valence-electron chi connectivity index (χ2n) is 4.23. The molecule has 0 saturated heterocycles. The van der Waals surface area contributed by atoms with Crippen LogP contribution < -0.4 is 0 Å². The largest absolute Gasteiger partial charge is 0.384 e. The lowest BCUT2D eigenvalue weighted by Crippen LogP contribution is -2.02. The minimum Gasteiger partial charge on any atom is -0.384 e. The van der Waals surface area contributed by atoms with E-state index in [0.29, 0.717) is 15.6 Å². The molecule has 0 spiro atoms. The van der Waals surface area contributed by atoms with Gasteiger partial charge in [-0.15, -0.1) is 0 Å². The average Bonchev–Trinajstić information content (AvgIpc) is 2.31. The van der Waals surface area contributed by atoms with Crippen molar-refractivity contribution in [3.8, 4) is 0 Å². The standard InChI is InChI=1S/C14H10Br3FO/c1-7-2-13(17)11(6-12(7)16)14(19)8-3-9(15)5-10(18)4-8/h2-6,14,19H,1H3. The number of aryl methyl sites for hydroxylation is 1. The third-order valence-corrected chi connectivity index (χ3v) is 4.77. The number of benzene rings is 2. The van der Waals surface area contributed by atoms with Gasteiger partial charge in [0, 0.05) is 19.0 Å². The van der Waals surface area contributed by atoms with Crippen molar-refractivity contribution >= 4 is 47.8 Å². The van der Waals surface area contributed by atoms with Crippen molar-refractivity contribution in [3.05, 3.63) is 66.3 Å². The second kappa shape index (κ2) is 6.04. The van der Waals surface area contributed by atoms with Crippen LogP contribution in [0, 0.1) is 12.7 Å². The van der Waals surface area contributed by atoms with Crippen molar-refractivity contribution in [1.82, 2.24) is 0 Å². The lowest BCUT2D eigenvalue weighted by molar-refractivity contribution is 0.219. The summed E-state index contributed by atoms with van der Waals surface area (Å²) in [7, 11) is 0. The molecule has 100 valence electrons. The van der Waals surface area contributed by atoms with Crippen LogP contribution in [0.1, 0.15) is 22.8 Å². The van der Waals surface area contributed by atoms with E-state index >= 15 is 0 Å². The monoisotopic (exact) mass is 450 g/mol. The Bertz CT molecular complexity index is 608. The number of aliphatic hydroxyl groups excluding tert-OH is 1. The van der Waals surface area contributed by atoms with Crippen molar-refractivity contribution < 1.29 is 9.50 Å². The molecule has 0 aliphatic carbocycles. The van der Waals surface area contributed by atoms with Crippen LogP contribution in [-0.4, -0.2) is 5.11 Å². The summed E-state index contributed by atoms with van der Waals surface area (Å²) in [5, 5.41) is 10.4. The molecular formula is C14H10Br3FO. The highest BCUT2D eigenvalue weighted by atomic mass is 79.9. The lowest BCUT2D eigenvalue weighted by atomic mass is 10.0. The van der Waals surface area contributed by atoms with Gasteiger partial charge >= 0.3 is 0 Å². The topological polar surface area (TPSA) is 20.2 Å². The van der Waals surface area contributed by atoms with Gasteiger partial charge in [-0.05, 0) is 48.4 Å². The van der Waals surface area contributed by atoms with E-state index in [2.05, 4.69) is 47.8 Å². The highest BCUT2D eigenvalue weighted by Crippen LogP contribution is 2.34. The van der Waals surface area contributed by atoms with Gasteiger partial charge in [-0.25, -0.2) is 4.39 Å². The third-order valence-electron chi connectivity index (χ3n) is 2.77. The minimum absolute atomic E-state index is 0.384. The fourth-order valence-corrected chi connectivity index (χ4v) is 3.30. The molecule has 2 aromatic carbocycles. The smallest absolute Gasteiger partial charge is 0.124 e. The first-order valence-electron chi connectivity index (χ1n) is 5.48. The zero-order chi connectivity index (χ0) is 14.2. The zero-order valence-corrected chi connectivity index (χ0v) is 14.7. The normalized spacial score (nSPS) is 12.5. The van der Waals surface area contributed by atoms with Gasteiger partial charge in [0.2, 0.25) is 0 Å². The Balaban J connectivity index is 2.49. The van der Waals surface area contributed by atoms with Crippen LogP contribution in [0.15, 0.2) is 43.7 Å². The highest BCUT2D eigenvalue weighted by Gasteiger charge is 2.16. The molecule has 0 aliphatic heterocycles. The Morgan fingerprint density at radius 3 is 2.32 bits per heavy atom. The number of halogens is 4. The molecule has 0 aromatic heterocycles. The summed E-state index contributed by atoms with van der Waals surface area (Å²) >= 11 is 10.1. The summed E-state index contributed by atoms with van der Waals surface area (Å²) < 4.78 is 15.7. The van der Waals surface area contributed by atoms with Gasteiger partial charge in [-0.3, -0.25) is 0 Å². The lowest BCUT2D eigenvalue weighted by Gasteiger charge is -2.15. The molecule has 0 aliphatic rings. The molecule has 0 fully saturated rings. The maximum Gasteiger partial charge on any atom is 0.124 e.